The van der Waals surface area contributed by atoms with Gasteiger partial charge < -0.3 is 20.7 Å². The predicted molar refractivity (Wildman–Crippen MR) is 88.8 cm³/mol. The van der Waals surface area contributed by atoms with Crippen molar-refractivity contribution in [2.24, 2.45) is 11.7 Å². The Labute approximate surface area is 139 Å². The number of rotatable bonds is 2. The average Bonchev–Trinajstić information content (AvgIpc) is 2.85. The van der Waals surface area contributed by atoms with Crippen molar-refractivity contribution in [3.05, 3.63) is 28.2 Å². The summed E-state index contributed by atoms with van der Waals surface area (Å²) in [7, 11) is 0. The molecule has 0 bridgehead atoms. The van der Waals surface area contributed by atoms with Gasteiger partial charge in [0.25, 0.3) is 0 Å². The minimum absolute atomic E-state index is 0.000836. The molecule has 1 aromatic carbocycles. The van der Waals surface area contributed by atoms with Crippen molar-refractivity contribution in [2.75, 3.05) is 19.7 Å². The molecular weight excluding hydrogens is 346 g/mol. The number of nitrogens with one attached hydrogen (secondary N) is 1. The Kier molecular flexibility index (Phi) is 4.88. The van der Waals surface area contributed by atoms with E-state index >= 15 is 0 Å². The molecule has 2 atom stereocenters. The molecule has 1 aromatic rings. The average molecular weight is 368 g/mol. The molecular formula is C16H22BrN3O2. The number of hydrogen-bond acceptors (Lipinski definition) is 3. The van der Waals surface area contributed by atoms with E-state index < -0.39 is 0 Å². The number of hydrogen-bond donors (Lipinski definition) is 2. The zero-order chi connectivity index (χ0) is 15.5. The smallest absolute Gasteiger partial charge is 0.318 e. The third kappa shape index (κ3) is 3.55. The number of carbonyl (C=O) groups is 1. The van der Waals surface area contributed by atoms with E-state index in [1.54, 1.807) is 0 Å². The van der Waals surface area contributed by atoms with Crippen LogP contribution in [-0.2, 0) is 6.54 Å². The summed E-state index contributed by atoms with van der Waals surface area (Å²) in [6.07, 6.45) is 3.13. The number of nitrogens with two attached hydrogens (primary N) is 1. The number of nitrogens with zero attached hydrogens (tertiary/aromatic N) is 1. The van der Waals surface area contributed by atoms with Crippen LogP contribution in [0, 0.1) is 5.92 Å². The van der Waals surface area contributed by atoms with E-state index in [1.165, 1.54) is 0 Å². The largest absolute Gasteiger partial charge is 0.491 e. The second kappa shape index (κ2) is 6.87. The van der Waals surface area contributed by atoms with Crippen molar-refractivity contribution in [3.8, 4) is 5.75 Å². The van der Waals surface area contributed by atoms with Gasteiger partial charge in [0.15, 0.2) is 0 Å². The fourth-order valence-electron chi connectivity index (χ4n) is 3.22. The van der Waals surface area contributed by atoms with Crippen LogP contribution in [0.5, 0.6) is 5.75 Å². The Hall–Kier alpha value is -1.27. The van der Waals surface area contributed by atoms with E-state index in [9.17, 15) is 4.79 Å². The normalized spacial score (nSPS) is 24.4. The topological polar surface area (TPSA) is 67.6 Å². The number of urea groups is 1. The Bertz CT molecular complexity index is 552. The molecule has 2 aliphatic rings. The van der Waals surface area contributed by atoms with Crippen molar-refractivity contribution in [1.29, 1.82) is 0 Å². The first-order valence-corrected chi connectivity index (χ1v) is 8.61. The summed E-state index contributed by atoms with van der Waals surface area (Å²) < 4.78 is 6.73. The molecule has 3 rings (SSSR count). The van der Waals surface area contributed by atoms with Gasteiger partial charge in [-0.3, -0.25) is 0 Å². The summed E-state index contributed by atoms with van der Waals surface area (Å²) in [5.41, 5.74) is 6.75. The van der Waals surface area contributed by atoms with E-state index in [-0.39, 0.29) is 12.1 Å². The number of fused-ring (bicyclic) bond motifs is 1. The third-order valence-electron chi connectivity index (χ3n) is 4.49. The zero-order valence-corrected chi connectivity index (χ0v) is 14.1. The Morgan fingerprint density at radius 3 is 3.09 bits per heavy atom. The molecule has 1 fully saturated rings. The molecule has 1 aliphatic heterocycles. The van der Waals surface area contributed by atoms with Gasteiger partial charge in [0.05, 0.1) is 13.1 Å². The Morgan fingerprint density at radius 1 is 1.45 bits per heavy atom. The van der Waals surface area contributed by atoms with Gasteiger partial charge in [0.2, 0.25) is 0 Å². The maximum absolute atomic E-state index is 12.5. The number of benzene rings is 1. The van der Waals surface area contributed by atoms with Gasteiger partial charge in [-0.25, -0.2) is 4.79 Å². The predicted octanol–water partition coefficient (Wildman–Crippen LogP) is 2.48. The van der Waals surface area contributed by atoms with Crippen LogP contribution in [0.25, 0.3) is 0 Å². The summed E-state index contributed by atoms with van der Waals surface area (Å²) >= 11 is 3.47. The number of ether oxygens (including phenoxy) is 1. The summed E-state index contributed by atoms with van der Waals surface area (Å²) in [6, 6.07) is 6.18. The van der Waals surface area contributed by atoms with Crippen LogP contribution in [-0.4, -0.2) is 36.7 Å². The van der Waals surface area contributed by atoms with Crippen LogP contribution in [0.1, 0.15) is 24.8 Å². The molecule has 6 heteroatoms. The van der Waals surface area contributed by atoms with Gasteiger partial charge in [-0.05, 0) is 49.9 Å². The molecule has 1 saturated carbocycles. The lowest BCUT2D eigenvalue weighted by molar-refractivity contribution is 0.184. The van der Waals surface area contributed by atoms with Gasteiger partial charge in [0.1, 0.15) is 12.4 Å². The van der Waals surface area contributed by atoms with Gasteiger partial charge in [-0.1, -0.05) is 15.9 Å². The third-order valence-corrected chi connectivity index (χ3v) is 4.99. The SMILES string of the molecule is NCC1CCC(NC(=O)N2CCOc3ccc(Br)cc3C2)C1. The summed E-state index contributed by atoms with van der Waals surface area (Å²) in [5, 5.41) is 3.15. The summed E-state index contributed by atoms with van der Waals surface area (Å²) in [4.78, 5) is 14.3. The highest BCUT2D eigenvalue weighted by Crippen LogP contribution is 2.27. The van der Waals surface area contributed by atoms with E-state index in [2.05, 4.69) is 21.2 Å². The van der Waals surface area contributed by atoms with Crippen molar-refractivity contribution in [2.45, 2.75) is 31.8 Å². The molecule has 0 saturated heterocycles. The minimum atomic E-state index is -0.000836. The zero-order valence-electron chi connectivity index (χ0n) is 12.6. The Balaban J connectivity index is 1.63. The summed E-state index contributed by atoms with van der Waals surface area (Å²) in [5.74, 6) is 1.41. The molecule has 3 N–H and O–H groups in total. The van der Waals surface area contributed by atoms with Crippen molar-refractivity contribution >= 4 is 22.0 Å². The number of carbonyl (C=O) groups excluding carboxylic acids is 1. The van der Waals surface area contributed by atoms with Crippen molar-refractivity contribution in [1.82, 2.24) is 10.2 Å². The molecule has 0 radical (unpaired) electrons. The molecule has 1 aliphatic carbocycles. The van der Waals surface area contributed by atoms with Crippen LogP contribution in [0.4, 0.5) is 4.79 Å². The van der Waals surface area contributed by atoms with Crippen LogP contribution in [0.3, 0.4) is 0 Å². The maximum Gasteiger partial charge on any atom is 0.318 e. The highest BCUT2D eigenvalue weighted by molar-refractivity contribution is 9.10. The Morgan fingerprint density at radius 2 is 2.32 bits per heavy atom. The van der Waals surface area contributed by atoms with E-state index in [0.717, 1.165) is 35.0 Å². The molecule has 2 amide bonds. The van der Waals surface area contributed by atoms with Crippen molar-refractivity contribution in [3.63, 3.8) is 0 Å². The quantitative estimate of drug-likeness (QED) is 0.843. The fourth-order valence-corrected chi connectivity index (χ4v) is 3.63. The molecule has 5 nitrogen and oxygen atoms in total. The first kappa shape index (κ1) is 15.6. The van der Waals surface area contributed by atoms with Crippen molar-refractivity contribution < 1.29 is 9.53 Å². The fraction of sp³-hybridized carbons (Fsp3) is 0.562. The van der Waals surface area contributed by atoms with Crippen LogP contribution in [0.15, 0.2) is 22.7 Å². The maximum atomic E-state index is 12.5. The van der Waals surface area contributed by atoms with Crippen LogP contribution < -0.4 is 15.8 Å². The minimum Gasteiger partial charge on any atom is -0.491 e. The van der Waals surface area contributed by atoms with Crippen LogP contribution >= 0.6 is 15.9 Å². The number of amides is 2. The molecule has 120 valence electrons. The first-order chi connectivity index (χ1) is 10.7. The lowest BCUT2D eigenvalue weighted by Gasteiger charge is -2.23. The van der Waals surface area contributed by atoms with E-state index in [0.29, 0.717) is 32.2 Å². The standard InChI is InChI=1S/C16H22BrN3O2/c17-13-2-4-15-12(8-13)10-20(5-6-22-15)16(21)19-14-3-1-11(7-14)9-18/h2,4,8,11,14H,1,3,5-7,9-10,18H2,(H,19,21). The lowest BCUT2D eigenvalue weighted by Crippen LogP contribution is -2.44. The first-order valence-electron chi connectivity index (χ1n) is 7.82. The van der Waals surface area contributed by atoms with E-state index in [1.807, 2.05) is 23.1 Å². The number of halogens is 1. The van der Waals surface area contributed by atoms with E-state index in [4.69, 9.17) is 10.5 Å². The second-order valence-corrected chi connectivity index (χ2v) is 7.00. The highest BCUT2D eigenvalue weighted by Gasteiger charge is 2.27. The highest BCUT2D eigenvalue weighted by atomic mass is 79.9. The summed E-state index contributed by atoms with van der Waals surface area (Å²) in [6.45, 7) is 2.42. The molecule has 22 heavy (non-hydrogen) atoms. The van der Waals surface area contributed by atoms with Gasteiger partial charge in [-0.2, -0.15) is 0 Å². The lowest BCUT2D eigenvalue weighted by atomic mass is 10.1. The second-order valence-electron chi connectivity index (χ2n) is 6.08. The van der Waals surface area contributed by atoms with Gasteiger partial charge in [-0.15, -0.1) is 0 Å². The molecule has 2 unspecified atom stereocenters. The van der Waals surface area contributed by atoms with Gasteiger partial charge in [0, 0.05) is 16.1 Å². The monoisotopic (exact) mass is 367 g/mol. The van der Waals surface area contributed by atoms with Crippen LogP contribution in [0.2, 0.25) is 0 Å². The molecule has 0 spiro atoms. The molecule has 1 heterocycles. The van der Waals surface area contributed by atoms with Gasteiger partial charge >= 0.3 is 6.03 Å². The molecule has 0 aromatic heterocycles.